The van der Waals surface area contributed by atoms with E-state index in [0.29, 0.717) is 11.4 Å². The zero-order valence-corrected chi connectivity index (χ0v) is 9.18. The van der Waals surface area contributed by atoms with Gasteiger partial charge in [0.15, 0.2) is 5.82 Å². The first-order valence-corrected chi connectivity index (χ1v) is 4.93. The number of primary amides is 1. The molecule has 0 aliphatic rings. The van der Waals surface area contributed by atoms with Crippen LogP contribution < -0.4 is 5.73 Å². The summed E-state index contributed by atoms with van der Waals surface area (Å²) in [6.07, 6.45) is 4.89. The Bertz CT molecular complexity index is 508. The third-order valence-electron chi connectivity index (χ3n) is 1.82. The molecular weight excluding hydrogens is 260 g/mol. The van der Waals surface area contributed by atoms with E-state index in [0.717, 1.165) is 4.47 Å². The summed E-state index contributed by atoms with van der Waals surface area (Å²) in [5, 5.41) is 4.03. The minimum atomic E-state index is -0.523. The maximum atomic E-state index is 11.1. The Morgan fingerprint density at radius 3 is 2.93 bits per heavy atom. The Kier molecular flexibility index (Phi) is 2.51. The molecule has 0 atom stereocenters. The van der Waals surface area contributed by atoms with Gasteiger partial charge in [-0.3, -0.25) is 4.79 Å². The van der Waals surface area contributed by atoms with Crippen LogP contribution in [0.5, 0.6) is 0 Å². The first kappa shape index (κ1) is 9.85. The van der Waals surface area contributed by atoms with Gasteiger partial charge in [0.05, 0.1) is 16.2 Å². The molecule has 1 amide bonds. The molecule has 0 saturated heterocycles. The monoisotopic (exact) mass is 266 g/mol. The van der Waals surface area contributed by atoms with Crippen LogP contribution in [0.3, 0.4) is 0 Å². The Hall–Kier alpha value is -1.69. The van der Waals surface area contributed by atoms with Crippen molar-refractivity contribution in [3.8, 4) is 5.82 Å². The van der Waals surface area contributed by atoms with Crippen molar-refractivity contribution in [2.24, 2.45) is 5.73 Å². The molecule has 0 bridgehead atoms. The van der Waals surface area contributed by atoms with Crippen molar-refractivity contribution in [1.82, 2.24) is 14.8 Å². The van der Waals surface area contributed by atoms with Crippen molar-refractivity contribution in [2.75, 3.05) is 0 Å². The van der Waals surface area contributed by atoms with E-state index in [1.165, 1.54) is 4.68 Å². The van der Waals surface area contributed by atoms with Gasteiger partial charge >= 0.3 is 0 Å². The summed E-state index contributed by atoms with van der Waals surface area (Å²) in [7, 11) is 0. The van der Waals surface area contributed by atoms with Crippen LogP contribution in [-0.2, 0) is 0 Å². The second-order valence-corrected chi connectivity index (χ2v) is 3.76. The quantitative estimate of drug-likeness (QED) is 0.886. The molecule has 2 N–H and O–H groups in total. The molecule has 5 nitrogen and oxygen atoms in total. The molecule has 0 unspecified atom stereocenters. The lowest BCUT2D eigenvalue weighted by Gasteiger charge is -2.03. The number of halogens is 1. The van der Waals surface area contributed by atoms with Gasteiger partial charge in [0, 0.05) is 12.4 Å². The Labute approximate surface area is 94.0 Å². The highest BCUT2D eigenvalue weighted by Crippen LogP contribution is 2.13. The number of carbonyl (C=O) groups is 1. The van der Waals surface area contributed by atoms with E-state index < -0.39 is 5.91 Å². The van der Waals surface area contributed by atoms with Gasteiger partial charge in [-0.05, 0) is 28.1 Å². The van der Waals surface area contributed by atoms with Crippen LogP contribution in [0.15, 0.2) is 35.2 Å². The summed E-state index contributed by atoms with van der Waals surface area (Å²) in [6.45, 7) is 0. The topological polar surface area (TPSA) is 73.8 Å². The minimum Gasteiger partial charge on any atom is -0.365 e. The summed E-state index contributed by atoms with van der Waals surface area (Å²) in [4.78, 5) is 15.2. The van der Waals surface area contributed by atoms with Crippen LogP contribution in [-0.4, -0.2) is 20.7 Å². The smallest absolute Gasteiger partial charge is 0.252 e. The number of carbonyl (C=O) groups excluding carboxylic acids is 1. The van der Waals surface area contributed by atoms with E-state index in [2.05, 4.69) is 26.0 Å². The van der Waals surface area contributed by atoms with Gasteiger partial charge in [-0.1, -0.05) is 0 Å². The van der Waals surface area contributed by atoms with Crippen molar-refractivity contribution in [3.05, 3.63) is 40.8 Å². The molecule has 0 aromatic carbocycles. The first-order valence-electron chi connectivity index (χ1n) is 4.14. The van der Waals surface area contributed by atoms with E-state index in [9.17, 15) is 4.79 Å². The van der Waals surface area contributed by atoms with E-state index >= 15 is 0 Å². The fraction of sp³-hybridized carbons (Fsp3) is 0. The largest absolute Gasteiger partial charge is 0.365 e. The van der Waals surface area contributed by atoms with Gasteiger partial charge in [0.2, 0.25) is 0 Å². The van der Waals surface area contributed by atoms with Gasteiger partial charge in [0.25, 0.3) is 5.91 Å². The lowest BCUT2D eigenvalue weighted by molar-refractivity contribution is 0.1000. The molecule has 0 saturated carbocycles. The highest BCUT2D eigenvalue weighted by Gasteiger charge is 2.10. The van der Waals surface area contributed by atoms with E-state index in [1.54, 1.807) is 30.7 Å². The summed E-state index contributed by atoms with van der Waals surface area (Å²) < 4.78 is 2.30. The normalized spacial score (nSPS) is 10.2. The third kappa shape index (κ3) is 1.89. The average Bonchev–Trinajstić information content (AvgIpc) is 2.65. The van der Waals surface area contributed by atoms with E-state index in [1.807, 2.05) is 0 Å². The van der Waals surface area contributed by atoms with Gasteiger partial charge < -0.3 is 5.73 Å². The van der Waals surface area contributed by atoms with Gasteiger partial charge in [0.1, 0.15) is 0 Å². The molecule has 0 aliphatic carbocycles. The molecule has 2 aromatic heterocycles. The Morgan fingerprint density at radius 1 is 1.53 bits per heavy atom. The molecule has 0 spiro atoms. The lowest BCUT2D eigenvalue weighted by Crippen LogP contribution is -2.15. The Morgan fingerprint density at radius 2 is 2.33 bits per heavy atom. The molecule has 0 aliphatic heterocycles. The van der Waals surface area contributed by atoms with Crippen molar-refractivity contribution in [2.45, 2.75) is 0 Å². The summed E-state index contributed by atoms with van der Waals surface area (Å²) in [5.41, 5.74) is 5.57. The van der Waals surface area contributed by atoms with Gasteiger partial charge in [-0.15, -0.1) is 0 Å². The van der Waals surface area contributed by atoms with E-state index in [-0.39, 0.29) is 0 Å². The standard InChI is InChI=1S/C9H7BrN4O/c10-6-4-13-14(5-6)9-7(8(11)15)2-1-3-12-9/h1-5H,(H2,11,15). The number of rotatable bonds is 2. The number of pyridine rings is 1. The number of hydrogen-bond donors (Lipinski definition) is 1. The minimum absolute atomic E-state index is 0.341. The number of hydrogen-bond acceptors (Lipinski definition) is 3. The fourth-order valence-corrected chi connectivity index (χ4v) is 1.47. The van der Waals surface area contributed by atoms with Crippen LogP contribution in [0.25, 0.3) is 5.82 Å². The molecule has 76 valence electrons. The second-order valence-electron chi connectivity index (χ2n) is 2.84. The second kappa shape index (κ2) is 3.82. The lowest BCUT2D eigenvalue weighted by atomic mass is 10.2. The van der Waals surface area contributed by atoms with Gasteiger partial charge in [-0.25, -0.2) is 9.67 Å². The fourth-order valence-electron chi connectivity index (χ4n) is 1.19. The molecule has 2 aromatic rings. The molecule has 2 heterocycles. The van der Waals surface area contributed by atoms with Crippen molar-refractivity contribution >= 4 is 21.8 Å². The molecule has 0 radical (unpaired) electrons. The maximum absolute atomic E-state index is 11.1. The molecule has 2 rings (SSSR count). The van der Waals surface area contributed by atoms with Gasteiger partial charge in [-0.2, -0.15) is 5.10 Å². The highest BCUT2D eigenvalue weighted by atomic mass is 79.9. The highest BCUT2D eigenvalue weighted by molar-refractivity contribution is 9.10. The molecule has 15 heavy (non-hydrogen) atoms. The predicted molar refractivity (Wildman–Crippen MR) is 57.6 cm³/mol. The zero-order chi connectivity index (χ0) is 10.8. The zero-order valence-electron chi connectivity index (χ0n) is 7.59. The Balaban J connectivity index is 2.57. The summed E-state index contributed by atoms with van der Waals surface area (Å²) in [6, 6.07) is 3.27. The predicted octanol–water partition coefficient (Wildman–Crippen LogP) is 1.13. The maximum Gasteiger partial charge on any atom is 0.252 e. The van der Waals surface area contributed by atoms with Crippen LogP contribution in [0.1, 0.15) is 10.4 Å². The van der Waals surface area contributed by atoms with Crippen molar-refractivity contribution in [1.29, 1.82) is 0 Å². The number of nitrogens with zero attached hydrogens (tertiary/aromatic N) is 3. The van der Waals surface area contributed by atoms with Crippen LogP contribution in [0.4, 0.5) is 0 Å². The van der Waals surface area contributed by atoms with Crippen LogP contribution in [0, 0.1) is 0 Å². The number of nitrogens with two attached hydrogens (primary N) is 1. The van der Waals surface area contributed by atoms with Crippen LogP contribution in [0.2, 0.25) is 0 Å². The molecular formula is C9H7BrN4O. The number of amides is 1. The summed E-state index contributed by atoms with van der Waals surface area (Å²) >= 11 is 3.26. The summed E-state index contributed by atoms with van der Waals surface area (Å²) in [5.74, 6) is -0.0968. The average molecular weight is 267 g/mol. The van der Waals surface area contributed by atoms with Crippen LogP contribution >= 0.6 is 15.9 Å². The van der Waals surface area contributed by atoms with E-state index in [4.69, 9.17) is 5.73 Å². The van der Waals surface area contributed by atoms with Crippen molar-refractivity contribution in [3.63, 3.8) is 0 Å². The van der Waals surface area contributed by atoms with Crippen molar-refractivity contribution < 1.29 is 4.79 Å². The molecule has 6 heteroatoms. The third-order valence-corrected chi connectivity index (χ3v) is 2.23. The first-order chi connectivity index (χ1) is 7.18. The molecule has 0 fully saturated rings. The SMILES string of the molecule is NC(=O)c1cccnc1-n1cc(Br)cn1. The number of aromatic nitrogens is 3.